The number of hydrogen-bond acceptors (Lipinski definition) is 3. The van der Waals surface area contributed by atoms with Gasteiger partial charge in [-0.15, -0.1) is 0 Å². The summed E-state index contributed by atoms with van der Waals surface area (Å²) in [7, 11) is 0. The van der Waals surface area contributed by atoms with Gasteiger partial charge in [0.25, 0.3) is 0 Å². The minimum Gasteiger partial charge on any atom is -0.367 e. The van der Waals surface area contributed by atoms with Gasteiger partial charge >= 0.3 is 0 Å². The predicted octanol–water partition coefficient (Wildman–Crippen LogP) is 5.04. The Morgan fingerprint density at radius 2 is 1.86 bits per heavy atom. The molecule has 21 heavy (non-hydrogen) atoms. The summed E-state index contributed by atoms with van der Waals surface area (Å²) in [4.78, 5) is 0. The molecular weight excluding hydrogens is 314 g/mol. The molecule has 0 saturated carbocycles. The van der Waals surface area contributed by atoms with Gasteiger partial charge in [0.2, 0.25) is 5.88 Å². The third kappa shape index (κ3) is 2.60. The number of rotatable bonds is 2. The summed E-state index contributed by atoms with van der Waals surface area (Å²) in [5.41, 5.74) is 8.10. The second kappa shape index (κ2) is 5.39. The molecule has 3 nitrogen and oxygen atoms in total. The lowest BCUT2D eigenvalue weighted by molar-refractivity contribution is 0.439. The molecule has 1 aromatic heterocycles. The van der Waals surface area contributed by atoms with Crippen LogP contribution in [0.3, 0.4) is 0 Å². The van der Waals surface area contributed by atoms with Crippen molar-refractivity contribution in [3.05, 3.63) is 58.3 Å². The Labute approximate surface area is 130 Å². The molecule has 0 saturated heterocycles. The molecule has 0 bridgehead atoms. The molecule has 1 heterocycles. The molecule has 6 heteroatoms. The number of nitrogen functional groups attached to an aromatic ring is 1. The molecule has 2 N–H and O–H groups in total. The van der Waals surface area contributed by atoms with Crippen molar-refractivity contribution in [1.29, 1.82) is 0 Å². The van der Waals surface area contributed by atoms with Gasteiger partial charge in [0.15, 0.2) is 0 Å². The first-order chi connectivity index (χ1) is 10.1. The lowest BCUT2D eigenvalue weighted by atomic mass is 10.0. The number of aromatic nitrogens is 1. The number of halogens is 3. The molecule has 0 fully saturated rings. The Hall–Kier alpha value is -2.04. The summed E-state index contributed by atoms with van der Waals surface area (Å²) in [6, 6.07) is 11.5. The van der Waals surface area contributed by atoms with Crippen molar-refractivity contribution in [1.82, 2.24) is 5.16 Å². The van der Waals surface area contributed by atoms with Crippen LogP contribution in [0.25, 0.3) is 22.4 Å². The zero-order chi connectivity index (χ0) is 15.0. The number of nitrogens with zero attached hydrogens (tertiary/aromatic N) is 1. The third-order valence-corrected chi connectivity index (χ3v) is 3.57. The fourth-order valence-electron chi connectivity index (χ4n) is 2.07. The molecule has 2 aromatic carbocycles. The zero-order valence-corrected chi connectivity index (χ0v) is 12.1. The molecular formula is C15H9Cl2FN2O. The molecule has 0 unspecified atom stereocenters. The maximum Gasteiger partial charge on any atom is 0.230 e. The van der Waals surface area contributed by atoms with Crippen LogP contribution >= 0.6 is 23.2 Å². The number of hydrogen-bond donors (Lipinski definition) is 1. The zero-order valence-electron chi connectivity index (χ0n) is 10.6. The van der Waals surface area contributed by atoms with Gasteiger partial charge in [-0.3, -0.25) is 0 Å². The summed E-state index contributed by atoms with van der Waals surface area (Å²) in [6.07, 6.45) is 0. The molecule has 0 spiro atoms. The van der Waals surface area contributed by atoms with E-state index in [0.29, 0.717) is 21.8 Å². The van der Waals surface area contributed by atoms with Crippen LogP contribution < -0.4 is 5.73 Å². The van der Waals surface area contributed by atoms with E-state index < -0.39 is 5.82 Å². The number of nitrogens with two attached hydrogens (primary N) is 1. The first-order valence-electron chi connectivity index (χ1n) is 6.03. The highest BCUT2D eigenvalue weighted by molar-refractivity contribution is 6.31. The Morgan fingerprint density at radius 1 is 1.05 bits per heavy atom. The monoisotopic (exact) mass is 322 g/mol. The lowest BCUT2D eigenvalue weighted by Crippen LogP contribution is -1.88. The van der Waals surface area contributed by atoms with Crippen LogP contribution in [0.4, 0.5) is 10.3 Å². The summed E-state index contributed by atoms with van der Waals surface area (Å²) < 4.78 is 18.7. The molecule has 0 aliphatic carbocycles. The van der Waals surface area contributed by atoms with E-state index in [1.165, 1.54) is 12.1 Å². The standard InChI is InChI=1S/C15H9Cl2FN2O/c16-10-3-1-2-8(6-10)13-14(20-21-15(13)19)9-4-5-11(17)12(18)7-9/h1-7H,19H2. The van der Waals surface area contributed by atoms with Crippen molar-refractivity contribution in [2.24, 2.45) is 0 Å². The largest absolute Gasteiger partial charge is 0.367 e. The first-order valence-corrected chi connectivity index (χ1v) is 6.78. The third-order valence-electron chi connectivity index (χ3n) is 3.02. The van der Waals surface area contributed by atoms with Gasteiger partial charge in [0.1, 0.15) is 11.5 Å². The fraction of sp³-hybridized carbons (Fsp3) is 0. The quantitative estimate of drug-likeness (QED) is 0.719. The minimum atomic E-state index is -0.534. The van der Waals surface area contributed by atoms with Crippen LogP contribution in [0.1, 0.15) is 0 Å². The highest BCUT2D eigenvalue weighted by atomic mass is 35.5. The predicted molar refractivity (Wildman–Crippen MR) is 81.8 cm³/mol. The van der Waals surface area contributed by atoms with Crippen molar-refractivity contribution in [3.63, 3.8) is 0 Å². The molecule has 0 radical (unpaired) electrons. The summed E-state index contributed by atoms with van der Waals surface area (Å²) in [6.45, 7) is 0. The average Bonchev–Trinajstić information content (AvgIpc) is 2.84. The normalized spacial score (nSPS) is 10.8. The second-order valence-corrected chi connectivity index (χ2v) is 5.25. The molecule has 3 rings (SSSR count). The highest BCUT2D eigenvalue weighted by Gasteiger charge is 2.18. The summed E-state index contributed by atoms with van der Waals surface area (Å²) in [5, 5.41) is 4.51. The van der Waals surface area contributed by atoms with Gasteiger partial charge in [-0.05, 0) is 29.8 Å². The van der Waals surface area contributed by atoms with Crippen molar-refractivity contribution in [3.8, 4) is 22.4 Å². The van der Waals surface area contributed by atoms with Gasteiger partial charge in [-0.1, -0.05) is 46.6 Å². The number of anilines is 1. The molecule has 0 atom stereocenters. The van der Waals surface area contributed by atoms with Crippen LogP contribution in [-0.4, -0.2) is 5.16 Å². The Morgan fingerprint density at radius 3 is 2.57 bits per heavy atom. The van der Waals surface area contributed by atoms with Crippen LogP contribution in [0, 0.1) is 5.82 Å². The van der Waals surface area contributed by atoms with Crippen LogP contribution in [0.5, 0.6) is 0 Å². The maximum absolute atomic E-state index is 13.6. The van der Waals surface area contributed by atoms with Crippen molar-refractivity contribution >= 4 is 29.1 Å². The molecule has 0 amide bonds. The summed E-state index contributed by atoms with van der Waals surface area (Å²) in [5.74, 6) is -0.393. The van der Waals surface area contributed by atoms with Crippen LogP contribution in [0.15, 0.2) is 47.0 Å². The average molecular weight is 323 g/mol. The van der Waals surface area contributed by atoms with E-state index >= 15 is 0 Å². The van der Waals surface area contributed by atoms with Gasteiger partial charge in [0, 0.05) is 10.6 Å². The van der Waals surface area contributed by atoms with E-state index in [1.54, 1.807) is 24.3 Å². The van der Waals surface area contributed by atoms with E-state index in [-0.39, 0.29) is 10.9 Å². The van der Waals surface area contributed by atoms with E-state index in [4.69, 9.17) is 33.5 Å². The molecule has 0 aliphatic rings. The van der Waals surface area contributed by atoms with Gasteiger partial charge in [-0.2, -0.15) is 0 Å². The Kier molecular flexibility index (Phi) is 3.57. The van der Waals surface area contributed by atoms with Crippen molar-refractivity contribution in [2.75, 3.05) is 5.73 Å². The first kappa shape index (κ1) is 13.9. The van der Waals surface area contributed by atoms with Gasteiger partial charge < -0.3 is 10.3 Å². The fourth-order valence-corrected chi connectivity index (χ4v) is 2.37. The van der Waals surface area contributed by atoms with E-state index in [0.717, 1.165) is 5.56 Å². The van der Waals surface area contributed by atoms with E-state index in [9.17, 15) is 4.39 Å². The van der Waals surface area contributed by atoms with E-state index in [2.05, 4.69) is 5.16 Å². The van der Waals surface area contributed by atoms with Gasteiger partial charge in [-0.25, -0.2) is 4.39 Å². The minimum absolute atomic E-state index is 0.0412. The Balaban J connectivity index is 2.19. The number of benzene rings is 2. The SMILES string of the molecule is Nc1onc(-c2ccc(Cl)c(F)c2)c1-c1cccc(Cl)c1. The van der Waals surface area contributed by atoms with E-state index in [1.807, 2.05) is 6.07 Å². The molecule has 3 aromatic rings. The molecule has 106 valence electrons. The van der Waals surface area contributed by atoms with Crippen molar-refractivity contribution in [2.45, 2.75) is 0 Å². The Bertz CT molecular complexity index is 817. The summed E-state index contributed by atoms with van der Waals surface area (Å²) >= 11 is 11.7. The smallest absolute Gasteiger partial charge is 0.230 e. The topological polar surface area (TPSA) is 52.0 Å². The lowest BCUT2D eigenvalue weighted by Gasteiger charge is -2.04. The van der Waals surface area contributed by atoms with Crippen molar-refractivity contribution < 1.29 is 8.91 Å². The van der Waals surface area contributed by atoms with Crippen LogP contribution in [0.2, 0.25) is 10.0 Å². The second-order valence-electron chi connectivity index (χ2n) is 4.41. The molecule has 0 aliphatic heterocycles. The maximum atomic E-state index is 13.6. The highest BCUT2D eigenvalue weighted by Crippen LogP contribution is 2.37. The van der Waals surface area contributed by atoms with Crippen LogP contribution in [-0.2, 0) is 0 Å². The van der Waals surface area contributed by atoms with Gasteiger partial charge in [0.05, 0.1) is 10.6 Å².